The van der Waals surface area contributed by atoms with Crippen molar-refractivity contribution < 1.29 is 28.5 Å². The topological polar surface area (TPSA) is 83.1 Å². The fourth-order valence-corrected chi connectivity index (χ4v) is 1.47. The number of likely N-dealkylation sites (N-methyl/N-ethyl adjacent to an activating group) is 1. The van der Waals surface area contributed by atoms with Gasteiger partial charge in [-0.25, -0.2) is 0 Å². The van der Waals surface area contributed by atoms with Crippen LogP contribution in [0.4, 0.5) is 0 Å². The van der Waals surface area contributed by atoms with E-state index in [4.69, 9.17) is 18.9 Å². The highest BCUT2D eigenvalue weighted by molar-refractivity contribution is 5.80. The highest BCUT2D eigenvalue weighted by Crippen LogP contribution is 1.94. The Hall–Kier alpha value is -0.860. The summed E-state index contributed by atoms with van der Waals surface area (Å²) in [6.07, 6.45) is 1.05. The van der Waals surface area contributed by atoms with E-state index in [9.17, 15) is 9.59 Å². The molecular weight excluding hydrogens is 290 g/mol. The van der Waals surface area contributed by atoms with E-state index in [0.29, 0.717) is 52.5 Å². The third-order valence-electron chi connectivity index (χ3n) is 2.55. The van der Waals surface area contributed by atoms with Crippen LogP contribution in [0.1, 0.15) is 19.8 Å². The van der Waals surface area contributed by atoms with Crippen molar-refractivity contribution in [2.45, 2.75) is 19.8 Å². The summed E-state index contributed by atoms with van der Waals surface area (Å²) >= 11 is 0. The first-order valence-corrected chi connectivity index (χ1v) is 7.63. The van der Waals surface area contributed by atoms with Gasteiger partial charge in [0.2, 0.25) is 0 Å². The molecule has 0 aliphatic rings. The minimum atomic E-state index is -0.0800. The second-order valence-corrected chi connectivity index (χ2v) is 4.78. The molecule has 0 aromatic heterocycles. The van der Waals surface area contributed by atoms with E-state index in [1.54, 1.807) is 0 Å². The Kier molecular flexibility index (Phi) is 15.9. The number of carbonyl (C=O) groups excluding carboxylic acids is 2. The second kappa shape index (κ2) is 16.5. The number of nitrogens with one attached hydrogen (secondary N) is 1. The van der Waals surface area contributed by atoms with Crippen molar-refractivity contribution in [1.82, 2.24) is 5.32 Å². The molecule has 0 fully saturated rings. The molecule has 0 spiro atoms. The standard InChI is InChI=1S/C15H29NO6/c1-14(17)12-22-13-15(18)4-3-6-19-8-10-21-11-9-20-7-5-16-2/h16H,3-13H2,1-2H3. The summed E-state index contributed by atoms with van der Waals surface area (Å²) in [6, 6.07) is 0. The summed E-state index contributed by atoms with van der Waals surface area (Å²) in [4.78, 5) is 22.0. The Morgan fingerprint density at radius 2 is 1.41 bits per heavy atom. The summed E-state index contributed by atoms with van der Waals surface area (Å²) in [5.41, 5.74) is 0. The largest absolute Gasteiger partial charge is 0.379 e. The summed E-state index contributed by atoms with van der Waals surface area (Å²) < 4.78 is 20.9. The normalized spacial score (nSPS) is 10.8. The molecule has 0 aliphatic heterocycles. The Morgan fingerprint density at radius 1 is 0.818 bits per heavy atom. The van der Waals surface area contributed by atoms with Gasteiger partial charge >= 0.3 is 0 Å². The van der Waals surface area contributed by atoms with Gasteiger partial charge in [-0.2, -0.15) is 0 Å². The van der Waals surface area contributed by atoms with Crippen molar-refractivity contribution in [3.8, 4) is 0 Å². The van der Waals surface area contributed by atoms with Crippen LogP contribution in [-0.2, 0) is 28.5 Å². The van der Waals surface area contributed by atoms with Crippen molar-refractivity contribution in [2.75, 3.05) is 66.4 Å². The van der Waals surface area contributed by atoms with Gasteiger partial charge in [-0.05, 0) is 20.4 Å². The quantitative estimate of drug-likeness (QED) is 0.384. The number of hydrogen-bond donors (Lipinski definition) is 1. The highest BCUT2D eigenvalue weighted by Gasteiger charge is 2.03. The molecule has 7 nitrogen and oxygen atoms in total. The van der Waals surface area contributed by atoms with Gasteiger partial charge in [0.15, 0.2) is 11.6 Å². The average molecular weight is 319 g/mol. The zero-order valence-corrected chi connectivity index (χ0v) is 13.7. The predicted molar refractivity (Wildman–Crippen MR) is 82.1 cm³/mol. The first kappa shape index (κ1) is 21.1. The Morgan fingerprint density at radius 3 is 2.00 bits per heavy atom. The van der Waals surface area contributed by atoms with E-state index in [1.165, 1.54) is 6.92 Å². The molecule has 0 heterocycles. The summed E-state index contributed by atoms with van der Waals surface area (Å²) in [6.45, 7) is 5.61. The molecule has 0 aliphatic carbocycles. The number of rotatable bonds is 17. The van der Waals surface area contributed by atoms with Crippen LogP contribution < -0.4 is 5.32 Å². The lowest BCUT2D eigenvalue weighted by Gasteiger charge is -2.06. The third kappa shape index (κ3) is 17.2. The van der Waals surface area contributed by atoms with Crippen LogP contribution in [0.15, 0.2) is 0 Å². The number of ether oxygens (including phenoxy) is 4. The van der Waals surface area contributed by atoms with Gasteiger partial charge in [-0.3, -0.25) is 9.59 Å². The Balaban J connectivity index is 3.13. The number of Topliss-reactive ketones (excluding diaryl/α,β-unsaturated/α-hetero) is 2. The van der Waals surface area contributed by atoms with Gasteiger partial charge in [0.1, 0.15) is 13.2 Å². The molecule has 130 valence electrons. The molecule has 7 heteroatoms. The molecule has 0 saturated carbocycles. The van der Waals surface area contributed by atoms with E-state index in [0.717, 1.165) is 6.54 Å². The van der Waals surface area contributed by atoms with Crippen LogP contribution in [0.3, 0.4) is 0 Å². The molecule has 22 heavy (non-hydrogen) atoms. The fraction of sp³-hybridized carbons (Fsp3) is 0.867. The zero-order valence-electron chi connectivity index (χ0n) is 13.7. The van der Waals surface area contributed by atoms with Gasteiger partial charge < -0.3 is 24.3 Å². The second-order valence-electron chi connectivity index (χ2n) is 4.78. The SMILES string of the molecule is CNCCOCCOCCOCCCC(=O)COCC(C)=O. The van der Waals surface area contributed by atoms with Gasteiger partial charge in [0.05, 0.1) is 33.0 Å². The lowest BCUT2D eigenvalue weighted by molar-refractivity contribution is -0.127. The number of hydrogen-bond acceptors (Lipinski definition) is 7. The summed E-state index contributed by atoms with van der Waals surface area (Å²) in [5.74, 6) is -0.0941. The molecule has 0 unspecified atom stereocenters. The molecule has 0 rings (SSSR count). The zero-order chi connectivity index (χ0) is 16.5. The predicted octanol–water partition coefficient (Wildman–Crippen LogP) is 0.211. The van der Waals surface area contributed by atoms with Gasteiger partial charge in [0.25, 0.3) is 0 Å². The van der Waals surface area contributed by atoms with E-state index < -0.39 is 0 Å². The van der Waals surface area contributed by atoms with Crippen molar-refractivity contribution in [1.29, 1.82) is 0 Å². The maximum absolute atomic E-state index is 11.4. The van der Waals surface area contributed by atoms with Crippen molar-refractivity contribution in [2.24, 2.45) is 0 Å². The first-order valence-electron chi connectivity index (χ1n) is 7.63. The van der Waals surface area contributed by atoms with Crippen LogP contribution in [0.5, 0.6) is 0 Å². The smallest absolute Gasteiger partial charge is 0.158 e. The van der Waals surface area contributed by atoms with Crippen LogP contribution in [0.2, 0.25) is 0 Å². The van der Waals surface area contributed by atoms with Crippen LogP contribution in [0.25, 0.3) is 0 Å². The van der Waals surface area contributed by atoms with Crippen molar-refractivity contribution >= 4 is 11.6 Å². The van der Waals surface area contributed by atoms with Gasteiger partial charge in [-0.15, -0.1) is 0 Å². The number of ketones is 2. The Bertz CT molecular complexity index is 285. The summed E-state index contributed by atoms with van der Waals surface area (Å²) in [7, 11) is 1.88. The molecule has 1 N–H and O–H groups in total. The van der Waals surface area contributed by atoms with Crippen LogP contribution in [0, 0.1) is 0 Å². The van der Waals surface area contributed by atoms with Crippen molar-refractivity contribution in [3.63, 3.8) is 0 Å². The van der Waals surface area contributed by atoms with Gasteiger partial charge in [0, 0.05) is 19.6 Å². The van der Waals surface area contributed by atoms with Gasteiger partial charge in [-0.1, -0.05) is 0 Å². The fourth-order valence-electron chi connectivity index (χ4n) is 1.47. The summed E-state index contributed by atoms with van der Waals surface area (Å²) in [5, 5.41) is 2.99. The molecule has 0 radical (unpaired) electrons. The highest BCUT2D eigenvalue weighted by atomic mass is 16.5. The molecule has 0 bridgehead atoms. The van der Waals surface area contributed by atoms with E-state index in [2.05, 4.69) is 5.32 Å². The van der Waals surface area contributed by atoms with E-state index >= 15 is 0 Å². The maximum Gasteiger partial charge on any atom is 0.158 e. The van der Waals surface area contributed by atoms with Crippen molar-refractivity contribution in [3.05, 3.63) is 0 Å². The maximum atomic E-state index is 11.4. The molecular formula is C15H29NO6. The van der Waals surface area contributed by atoms with E-state index in [1.807, 2.05) is 7.05 Å². The molecule has 0 aromatic carbocycles. The minimum absolute atomic E-state index is 0.00174. The average Bonchev–Trinajstić information content (AvgIpc) is 2.48. The number of carbonyl (C=O) groups is 2. The Labute approximate surface area is 132 Å². The first-order chi connectivity index (χ1) is 10.7. The molecule has 0 amide bonds. The molecule has 0 saturated heterocycles. The lowest BCUT2D eigenvalue weighted by atomic mass is 10.2. The van der Waals surface area contributed by atoms with Crippen LogP contribution >= 0.6 is 0 Å². The molecule has 0 atom stereocenters. The lowest BCUT2D eigenvalue weighted by Crippen LogP contribution is -2.16. The van der Waals surface area contributed by atoms with E-state index in [-0.39, 0.29) is 24.8 Å². The molecule has 0 aromatic rings. The third-order valence-corrected chi connectivity index (χ3v) is 2.55. The van der Waals surface area contributed by atoms with Crippen LogP contribution in [-0.4, -0.2) is 78.0 Å². The monoisotopic (exact) mass is 319 g/mol. The minimum Gasteiger partial charge on any atom is -0.379 e.